The molecule has 29 heavy (non-hydrogen) atoms. The van der Waals surface area contributed by atoms with E-state index in [1.54, 1.807) is 23.1 Å². The lowest BCUT2D eigenvalue weighted by molar-refractivity contribution is -0.117. The molecule has 8 heteroatoms. The Morgan fingerprint density at radius 2 is 1.79 bits per heavy atom. The maximum atomic E-state index is 12.9. The van der Waals surface area contributed by atoms with E-state index in [0.717, 1.165) is 18.8 Å². The van der Waals surface area contributed by atoms with Crippen LogP contribution >= 0.6 is 0 Å². The van der Waals surface area contributed by atoms with Gasteiger partial charge in [0.1, 0.15) is 11.9 Å². The Hall–Kier alpha value is -2.74. The van der Waals surface area contributed by atoms with Gasteiger partial charge >= 0.3 is 0 Å². The molecule has 0 aromatic heterocycles. The van der Waals surface area contributed by atoms with Crippen LogP contribution in [0.4, 0.5) is 17.1 Å². The second kappa shape index (κ2) is 7.59. The zero-order valence-electron chi connectivity index (χ0n) is 16.6. The standard InChI is InChI=1S/C21H25N3O4S/c1-15-14-24(16(2)25)20-13-19(9-10-21(20)28-15)29(26,27)22-17-5-7-18(8-6-17)23-11-3-4-12-23/h5-10,13,15,22H,3-4,11-12,14H2,1-2H3. The van der Waals surface area contributed by atoms with Crippen molar-refractivity contribution in [2.75, 3.05) is 34.2 Å². The van der Waals surface area contributed by atoms with Crippen molar-refractivity contribution in [3.05, 3.63) is 42.5 Å². The summed E-state index contributed by atoms with van der Waals surface area (Å²) in [6.45, 7) is 5.79. The minimum atomic E-state index is -3.80. The first-order valence-electron chi connectivity index (χ1n) is 9.80. The van der Waals surface area contributed by atoms with Crippen LogP contribution in [-0.2, 0) is 14.8 Å². The number of amides is 1. The predicted molar refractivity (Wildman–Crippen MR) is 113 cm³/mol. The van der Waals surface area contributed by atoms with Gasteiger partial charge in [-0.1, -0.05) is 0 Å². The minimum absolute atomic E-state index is 0.0873. The molecule has 1 fully saturated rings. The molecule has 0 bridgehead atoms. The molecular weight excluding hydrogens is 390 g/mol. The Kier molecular flexibility index (Phi) is 5.12. The summed E-state index contributed by atoms with van der Waals surface area (Å²) in [5, 5.41) is 0. The van der Waals surface area contributed by atoms with Crippen molar-refractivity contribution in [1.29, 1.82) is 0 Å². The van der Waals surface area contributed by atoms with Crippen LogP contribution in [-0.4, -0.2) is 40.1 Å². The van der Waals surface area contributed by atoms with Gasteiger partial charge in [0.25, 0.3) is 10.0 Å². The van der Waals surface area contributed by atoms with E-state index >= 15 is 0 Å². The summed E-state index contributed by atoms with van der Waals surface area (Å²) in [4.78, 5) is 15.9. The van der Waals surface area contributed by atoms with Crippen molar-refractivity contribution in [2.45, 2.75) is 37.7 Å². The lowest BCUT2D eigenvalue weighted by Crippen LogP contribution is -2.41. The van der Waals surface area contributed by atoms with Gasteiger partial charge in [-0.05, 0) is 62.2 Å². The van der Waals surface area contributed by atoms with Crippen molar-refractivity contribution in [3.8, 4) is 5.75 Å². The fourth-order valence-electron chi connectivity index (χ4n) is 3.81. The van der Waals surface area contributed by atoms with Crippen molar-refractivity contribution in [2.24, 2.45) is 0 Å². The number of hydrogen-bond donors (Lipinski definition) is 1. The summed E-state index contributed by atoms with van der Waals surface area (Å²) >= 11 is 0. The topological polar surface area (TPSA) is 78.9 Å². The predicted octanol–water partition coefficient (Wildman–Crippen LogP) is 3.22. The number of ether oxygens (including phenoxy) is 1. The monoisotopic (exact) mass is 415 g/mol. The largest absolute Gasteiger partial charge is 0.487 e. The lowest BCUT2D eigenvalue weighted by atomic mass is 10.2. The highest BCUT2D eigenvalue weighted by molar-refractivity contribution is 7.92. The zero-order valence-corrected chi connectivity index (χ0v) is 17.4. The summed E-state index contributed by atoms with van der Waals surface area (Å²) in [7, 11) is -3.80. The fourth-order valence-corrected chi connectivity index (χ4v) is 4.89. The molecule has 0 radical (unpaired) electrons. The summed E-state index contributed by atoms with van der Waals surface area (Å²) < 4.78 is 34.2. The van der Waals surface area contributed by atoms with Crippen LogP contribution in [0.5, 0.6) is 5.75 Å². The molecule has 2 heterocycles. The molecular formula is C21H25N3O4S. The Morgan fingerprint density at radius 1 is 1.10 bits per heavy atom. The quantitative estimate of drug-likeness (QED) is 0.830. The van der Waals surface area contributed by atoms with Gasteiger partial charge in [-0.3, -0.25) is 9.52 Å². The summed E-state index contributed by atoms with van der Waals surface area (Å²) in [5.41, 5.74) is 2.07. The maximum absolute atomic E-state index is 12.9. The van der Waals surface area contributed by atoms with Gasteiger partial charge in [0.05, 0.1) is 17.1 Å². The van der Waals surface area contributed by atoms with Crippen LogP contribution in [0, 0.1) is 0 Å². The highest BCUT2D eigenvalue weighted by Gasteiger charge is 2.28. The molecule has 1 unspecified atom stereocenters. The summed E-state index contributed by atoms with van der Waals surface area (Å²) in [5.74, 6) is 0.356. The van der Waals surface area contributed by atoms with Gasteiger partial charge in [0, 0.05) is 31.4 Å². The number of carbonyl (C=O) groups is 1. The molecule has 0 saturated carbocycles. The third-order valence-corrected chi connectivity index (χ3v) is 6.65. The number of carbonyl (C=O) groups excluding carboxylic acids is 1. The van der Waals surface area contributed by atoms with E-state index in [1.807, 2.05) is 19.1 Å². The highest BCUT2D eigenvalue weighted by atomic mass is 32.2. The molecule has 0 aliphatic carbocycles. The molecule has 2 aromatic carbocycles. The molecule has 2 aliphatic heterocycles. The van der Waals surface area contributed by atoms with Gasteiger partial charge in [-0.2, -0.15) is 0 Å². The van der Waals surface area contributed by atoms with Crippen LogP contribution in [0.25, 0.3) is 0 Å². The van der Waals surface area contributed by atoms with Crippen LogP contribution < -0.4 is 19.3 Å². The Labute approximate surface area is 171 Å². The molecule has 1 amide bonds. The van der Waals surface area contributed by atoms with Gasteiger partial charge in [0.15, 0.2) is 0 Å². The van der Waals surface area contributed by atoms with Crippen LogP contribution in [0.15, 0.2) is 47.4 Å². The maximum Gasteiger partial charge on any atom is 0.261 e. The molecule has 4 rings (SSSR count). The number of fused-ring (bicyclic) bond motifs is 1. The molecule has 0 spiro atoms. The van der Waals surface area contributed by atoms with Crippen LogP contribution in [0.2, 0.25) is 0 Å². The van der Waals surface area contributed by atoms with Crippen molar-refractivity contribution in [3.63, 3.8) is 0 Å². The van der Waals surface area contributed by atoms with E-state index in [1.165, 1.54) is 31.9 Å². The first-order valence-corrected chi connectivity index (χ1v) is 11.3. The zero-order chi connectivity index (χ0) is 20.6. The second-order valence-electron chi connectivity index (χ2n) is 7.53. The smallest absolute Gasteiger partial charge is 0.261 e. The molecule has 1 N–H and O–H groups in total. The van der Waals surface area contributed by atoms with E-state index in [2.05, 4.69) is 9.62 Å². The van der Waals surface area contributed by atoms with Gasteiger partial charge < -0.3 is 14.5 Å². The average molecular weight is 416 g/mol. The lowest BCUT2D eigenvalue weighted by Gasteiger charge is -2.33. The fraction of sp³-hybridized carbons (Fsp3) is 0.381. The molecule has 7 nitrogen and oxygen atoms in total. The minimum Gasteiger partial charge on any atom is -0.487 e. The molecule has 1 saturated heterocycles. The van der Waals surface area contributed by atoms with Gasteiger partial charge in [-0.25, -0.2) is 8.42 Å². The number of sulfonamides is 1. The first kappa shape index (κ1) is 19.6. The van der Waals surface area contributed by atoms with Crippen molar-refractivity contribution < 1.29 is 17.9 Å². The normalized spacial score (nSPS) is 18.9. The Morgan fingerprint density at radius 3 is 2.45 bits per heavy atom. The molecule has 2 aliphatic rings. The van der Waals surface area contributed by atoms with E-state index in [9.17, 15) is 13.2 Å². The van der Waals surface area contributed by atoms with E-state index in [4.69, 9.17) is 4.74 Å². The van der Waals surface area contributed by atoms with Crippen LogP contribution in [0.1, 0.15) is 26.7 Å². The Bertz CT molecular complexity index is 1010. The Balaban J connectivity index is 1.57. The van der Waals surface area contributed by atoms with E-state index in [-0.39, 0.29) is 16.9 Å². The molecule has 1 atom stereocenters. The number of anilines is 3. The van der Waals surface area contributed by atoms with Crippen molar-refractivity contribution in [1.82, 2.24) is 0 Å². The third kappa shape index (κ3) is 4.03. The summed E-state index contributed by atoms with van der Waals surface area (Å²) in [6, 6.07) is 12.0. The van der Waals surface area contributed by atoms with E-state index < -0.39 is 10.0 Å². The number of hydrogen-bond acceptors (Lipinski definition) is 5. The molecule has 2 aromatic rings. The van der Waals surface area contributed by atoms with Gasteiger partial charge in [-0.15, -0.1) is 0 Å². The van der Waals surface area contributed by atoms with Crippen molar-refractivity contribution >= 4 is 33.0 Å². The van der Waals surface area contributed by atoms with Crippen LogP contribution in [0.3, 0.4) is 0 Å². The van der Waals surface area contributed by atoms with Gasteiger partial charge in [0.2, 0.25) is 5.91 Å². The SMILES string of the molecule is CC(=O)N1CC(C)Oc2ccc(S(=O)(=O)Nc3ccc(N4CCCC4)cc3)cc21. The number of nitrogens with zero attached hydrogens (tertiary/aromatic N) is 2. The first-order chi connectivity index (χ1) is 13.8. The molecule has 154 valence electrons. The highest BCUT2D eigenvalue weighted by Crippen LogP contribution is 2.36. The third-order valence-electron chi connectivity index (χ3n) is 5.27. The number of benzene rings is 2. The average Bonchev–Trinajstić information content (AvgIpc) is 3.22. The van der Waals surface area contributed by atoms with E-state index in [0.29, 0.717) is 23.7 Å². The second-order valence-corrected chi connectivity index (χ2v) is 9.22. The number of rotatable bonds is 4. The number of nitrogens with one attached hydrogen (secondary N) is 1. The summed E-state index contributed by atoms with van der Waals surface area (Å²) in [6.07, 6.45) is 2.22.